The number of rotatable bonds is 1. The molecule has 0 aromatic heterocycles. The standard InChI is InChI=1S/C9H3ClN2O2/c1-12-7-3-5(9(13)14)2-6(4-11)8(7)10/h2-3H,(H,13,14). The Kier molecular flexibility index (Phi) is 2.71. The summed E-state index contributed by atoms with van der Waals surface area (Å²) in [4.78, 5) is 13.6. The van der Waals surface area contributed by atoms with Crippen LogP contribution in [0.5, 0.6) is 0 Å². The highest BCUT2D eigenvalue weighted by molar-refractivity contribution is 6.34. The van der Waals surface area contributed by atoms with E-state index in [0.717, 1.165) is 12.1 Å². The minimum absolute atomic E-state index is 0.00225. The van der Waals surface area contributed by atoms with Crippen LogP contribution in [0.2, 0.25) is 5.02 Å². The third kappa shape index (κ3) is 1.66. The van der Waals surface area contributed by atoms with Crippen molar-refractivity contribution in [2.45, 2.75) is 0 Å². The highest BCUT2D eigenvalue weighted by Gasteiger charge is 2.12. The molecule has 4 nitrogen and oxygen atoms in total. The lowest BCUT2D eigenvalue weighted by atomic mass is 10.1. The number of halogens is 1. The second kappa shape index (κ2) is 3.78. The summed E-state index contributed by atoms with van der Waals surface area (Å²) in [5, 5.41) is 17.3. The Morgan fingerprint density at radius 1 is 1.64 bits per heavy atom. The van der Waals surface area contributed by atoms with Crippen molar-refractivity contribution in [3.63, 3.8) is 0 Å². The van der Waals surface area contributed by atoms with Gasteiger partial charge in [0.25, 0.3) is 0 Å². The molecule has 68 valence electrons. The second-order valence-electron chi connectivity index (χ2n) is 2.39. The van der Waals surface area contributed by atoms with Crippen LogP contribution >= 0.6 is 11.6 Å². The van der Waals surface area contributed by atoms with E-state index in [2.05, 4.69) is 4.85 Å². The van der Waals surface area contributed by atoms with Gasteiger partial charge in [0.15, 0.2) is 0 Å². The van der Waals surface area contributed by atoms with E-state index in [9.17, 15) is 4.79 Å². The molecular weight excluding hydrogens is 204 g/mol. The van der Waals surface area contributed by atoms with E-state index in [-0.39, 0.29) is 21.8 Å². The van der Waals surface area contributed by atoms with Crippen molar-refractivity contribution < 1.29 is 9.90 Å². The van der Waals surface area contributed by atoms with Crippen molar-refractivity contribution in [3.05, 3.63) is 39.7 Å². The van der Waals surface area contributed by atoms with Gasteiger partial charge < -0.3 is 5.11 Å². The highest BCUT2D eigenvalue weighted by Crippen LogP contribution is 2.29. The number of hydrogen-bond donors (Lipinski definition) is 1. The fraction of sp³-hybridized carbons (Fsp3) is 0. The molecule has 0 radical (unpaired) electrons. The van der Waals surface area contributed by atoms with E-state index in [1.807, 2.05) is 0 Å². The number of nitriles is 1. The quantitative estimate of drug-likeness (QED) is 0.718. The monoisotopic (exact) mass is 206 g/mol. The number of carboxylic acid groups (broad SMARTS) is 1. The number of carbonyl (C=O) groups is 1. The van der Waals surface area contributed by atoms with Gasteiger partial charge in [-0.1, -0.05) is 11.6 Å². The Labute approximate surface area is 84.8 Å². The van der Waals surface area contributed by atoms with Gasteiger partial charge in [-0.2, -0.15) is 5.26 Å². The summed E-state index contributed by atoms with van der Waals surface area (Å²) in [7, 11) is 0. The summed E-state index contributed by atoms with van der Waals surface area (Å²) in [5.74, 6) is -1.19. The van der Waals surface area contributed by atoms with Gasteiger partial charge in [-0.25, -0.2) is 9.64 Å². The molecule has 1 rings (SSSR count). The molecule has 1 aromatic carbocycles. The van der Waals surface area contributed by atoms with Crippen LogP contribution < -0.4 is 0 Å². The Bertz CT molecular complexity index is 448. The van der Waals surface area contributed by atoms with E-state index >= 15 is 0 Å². The molecule has 0 aliphatic heterocycles. The zero-order chi connectivity index (χ0) is 10.7. The van der Waals surface area contributed by atoms with Gasteiger partial charge in [0.05, 0.1) is 28.8 Å². The van der Waals surface area contributed by atoms with Crippen LogP contribution in [0.15, 0.2) is 12.1 Å². The SMILES string of the molecule is [C-]#[N+]c1cc(C(=O)O)cc(C#N)c1Cl. The van der Waals surface area contributed by atoms with E-state index in [0.29, 0.717) is 0 Å². The molecule has 0 saturated heterocycles. The third-order valence-electron chi connectivity index (χ3n) is 1.54. The minimum Gasteiger partial charge on any atom is -0.478 e. The molecule has 0 bridgehead atoms. The van der Waals surface area contributed by atoms with Crippen LogP contribution in [0.4, 0.5) is 5.69 Å². The number of benzene rings is 1. The first-order valence-corrected chi connectivity index (χ1v) is 3.82. The first kappa shape index (κ1) is 10.0. The molecule has 0 aliphatic carbocycles. The molecule has 0 heterocycles. The predicted molar refractivity (Wildman–Crippen MR) is 49.4 cm³/mol. The zero-order valence-electron chi connectivity index (χ0n) is 6.78. The van der Waals surface area contributed by atoms with E-state index < -0.39 is 5.97 Å². The molecule has 0 unspecified atom stereocenters. The highest BCUT2D eigenvalue weighted by atomic mass is 35.5. The van der Waals surface area contributed by atoms with Gasteiger partial charge in [-0.05, 0) is 12.1 Å². The van der Waals surface area contributed by atoms with Crippen LogP contribution in [-0.2, 0) is 0 Å². The molecule has 5 heteroatoms. The van der Waals surface area contributed by atoms with Crippen molar-refractivity contribution in [2.75, 3.05) is 0 Å². The average Bonchev–Trinajstić information content (AvgIpc) is 2.17. The molecule has 14 heavy (non-hydrogen) atoms. The minimum atomic E-state index is -1.19. The van der Waals surface area contributed by atoms with E-state index in [1.54, 1.807) is 6.07 Å². The van der Waals surface area contributed by atoms with Gasteiger partial charge in [-0.15, -0.1) is 0 Å². The van der Waals surface area contributed by atoms with Crippen molar-refractivity contribution in [1.82, 2.24) is 0 Å². The predicted octanol–water partition coefficient (Wildman–Crippen LogP) is 2.46. The van der Waals surface area contributed by atoms with Gasteiger partial charge in [0, 0.05) is 0 Å². The lowest BCUT2D eigenvalue weighted by Gasteiger charge is -2.00. The van der Waals surface area contributed by atoms with E-state index in [1.165, 1.54) is 0 Å². The molecular formula is C9H3ClN2O2. The summed E-state index contributed by atoms with van der Waals surface area (Å²) in [6.07, 6.45) is 0. The summed E-state index contributed by atoms with van der Waals surface area (Å²) in [6.45, 7) is 6.73. The van der Waals surface area contributed by atoms with Crippen molar-refractivity contribution in [2.24, 2.45) is 0 Å². The van der Waals surface area contributed by atoms with Crippen LogP contribution in [0.25, 0.3) is 4.85 Å². The maximum Gasteiger partial charge on any atom is 0.334 e. The lowest BCUT2D eigenvalue weighted by Crippen LogP contribution is -1.96. The molecule has 0 spiro atoms. The maximum atomic E-state index is 10.6. The Hall–Kier alpha value is -2.04. The first-order valence-electron chi connectivity index (χ1n) is 3.44. The van der Waals surface area contributed by atoms with Crippen LogP contribution in [-0.4, -0.2) is 11.1 Å². The van der Waals surface area contributed by atoms with Crippen LogP contribution in [0, 0.1) is 17.9 Å². The molecule has 0 amide bonds. The summed E-state index contributed by atoms with van der Waals surface area (Å²) >= 11 is 5.66. The summed E-state index contributed by atoms with van der Waals surface area (Å²) < 4.78 is 0. The third-order valence-corrected chi connectivity index (χ3v) is 1.94. The maximum absolute atomic E-state index is 10.6. The summed E-state index contributed by atoms with van der Waals surface area (Å²) in [6, 6.07) is 4.00. The zero-order valence-corrected chi connectivity index (χ0v) is 7.54. The van der Waals surface area contributed by atoms with Crippen LogP contribution in [0.1, 0.15) is 15.9 Å². The number of hydrogen-bond acceptors (Lipinski definition) is 2. The summed E-state index contributed by atoms with van der Waals surface area (Å²) in [5.41, 5.74) is -0.141. The van der Waals surface area contributed by atoms with Crippen LogP contribution in [0.3, 0.4) is 0 Å². The normalized spacial score (nSPS) is 8.79. The lowest BCUT2D eigenvalue weighted by molar-refractivity contribution is 0.0697. The van der Waals surface area contributed by atoms with Gasteiger partial charge in [0.2, 0.25) is 5.69 Å². The first-order chi connectivity index (χ1) is 6.60. The Balaban J connectivity index is 3.51. The topological polar surface area (TPSA) is 65.4 Å². The number of carboxylic acids is 1. The second-order valence-corrected chi connectivity index (χ2v) is 2.76. The average molecular weight is 207 g/mol. The fourth-order valence-electron chi connectivity index (χ4n) is 0.895. The Morgan fingerprint density at radius 3 is 2.71 bits per heavy atom. The van der Waals surface area contributed by atoms with Crippen molar-refractivity contribution >= 4 is 23.3 Å². The van der Waals surface area contributed by atoms with Gasteiger partial charge in [0.1, 0.15) is 0 Å². The van der Waals surface area contributed by atoms with Crippen molar-refractivity contribution in [1.29, 1.82) is 5.26 Å². The molecule has 0 atom stereocenters. The number of aromatic carboxylic acids is 1. The smallest absolute Gasteiger partial charge is 0.334 e. The van der Waals surface area contributed by atoms with Gasteiger partial charge in [-0.3, -0.25) is 0 Å². The van der Waals surface area contributed by atoms with Gasteiger partial charge >= 0.3 is 5.97 Å². The fourth-order valence-corrected chi connectivity index (χ4v) is 1.09. The van der Waals surface area contributed by atoms with E-state index in [4.69, 9.17) is 28.5 Å². The molecule has 1 aromatic rings. The largest absolute Gasteiger partial charge is 0.478 e. The molecule has 0 fully saturated rings. The Morgan fingerprint density at radius 2 is 2.29 bits per heavy atom. The number of nitrogens with zero attached hydrogens (tertiary/aromatic N) is 2. The van der Waals surface area contributed by atoms with Crippen molar-refractivity contribution in [3.8, 4) is 6.07 Å². The molecule has 1 N–H and O–H groups in total. The molecule has 0 aliphatic rings. The molecule has 0 saturated carbocycles.